The van der Waals surface area contributed by atoms with Gasteiger partial charge in [0.25, 0.3) is 0 Å². The van der Waals surface area contributed by atoms with Gasteiger partial charge >= 0.3 is 0 Å². The largest absolute Gasteiger partial charge is 0.497 e. The van der Waals surface area contributed by atoms with Gasteiger partial charge < -0.3 is 15.0 Å². The van der Waals surface area contributed by atoms with E-state index in [9.17, 15) is 0 Å². The summed E-state index contributed by atoms with van der Waals surface area (Å²) in [5, 5.41) is 3.74. The second kappa shape index (κ2) is 8.10. The van der Waals surface area contributed by atoms with E-state index in [2.05, 4.69) is 63.6 Å². The van der Waals surface area contributed by atoms with Crippen LogP contribution in [0, 0.1) is 6.92 Å². The molecule has 1 aliphatic heterocycles. The second-order valence-corrected chi connectivity index (χ2v) is 7.99. The monoisotopic (exact) mass is 392 g/mol. The second-order valence-electron chi connectivity index (χ2n) is 6.88. The van der Waals surface area contributed by atoms with Crippen LogP contribution < -0.4 is 15.0 Å². The number of para-hydroxylation sites is 1. The van der Waals surface area contributed by atoms with Gasteiger partial charge in [-0.1, -0.05) is 23.9 Å². The summed E-state index contributed by atoms with van der Waals surface area (Å²) in [5.41, 5.74) is 2.29. The zero-order chi connectivity index (χ0) is 19.5. The molecule has 2 aromatic carbocycles. The standard InChI is InChI=1S/C22H24N4OS/c1-15-23-14-18-19(12-13-26(2)22(18)24-15)25-20-6-4-5-7-21(20)28-17-10-8-16(27-3)9-11-17/h4-11,14,19,25H,12-13H2,1-3H3. The Kier molecular flexibility index (Phi) is 5.39. The predicted molar refractivity (Wildman–Crippen MR) is 115 cm³/mol. The fraction of sp³-hybridized carbons (Fsp3) is 0.273. The van der Waals surface area contributed by atoms with E-state index in [0.717, 1.165) is 41.6 Å². The highest BCUT2D eigenvalue weighted by Crippen LogP contribution is 2.38. The molecule has 1 unspecified atom stereocenters. The van der Waals surface area contributed by atoms with E-state index < -0.39 is 0 Å². The van der Waals surface area contributed by atoms with Crippen molar-refractivity contribution in [3.05, 3.63) is 66.1 Å². The number of benzene rings is 2. The maximum Gasteiger partial charge on any atom is 0.137 e. The van der Waals surface area contributed by atoms with Gasteiger partial charge in [-0.3, -0.25) is 0 Å². The number of nitrogens with one attached hydrogen (secondary N) is 1. The minimum absolute atomic E-state index is 0.199. The van der Waals surface area contributed by atoms with Gasteiger partial charge in [-0.2, -0.15) is 0 Å². The van der Waals surface area contributed by atoms with Crippen LogP contribution in [-0.4, -0.2) is 30.7 Å². The number of fused-ring (bicyclic) bond motifs is 1. The zero-order valence-electron chi connectivity index (χ0n) is 16.3. The third kappa shape index (κ3) is 3.92. The van der Waals surface area contributed by atoms with E-state index in [1.807, 2.05) is 25.3 Å². The lowest BCUT2D eigenvalue weighted by Crippen LogP contribution is -2.31. The van der Waals surface area contributed by atoms with Gasteiger partial charge in [-0.05, 0) is 49.7 Å². The van der Waals surface area contributed by atoms with E-state index in [-0.39, 0.29) is 6.04 Å². The number of nitrogens with zero attached hydrogens (tertiary/aromatic N) is 3. The van der Waals surface area contributed by atoms with Crippen LogP contribution in [0.2, 0.25) is 0 Å². The van der Waals surface area contributed by atoms with Crippen LogP contribution >= 0.6 is 11.8 Å². The average molecular weight is 393 g/mol. The molecular formula is C22H24N4OS. The predicted octanol–water partition coefficient (Wildman–Crippen LogP) is 4.94. The van der Waals surface area contributed by atoms with Crippen molar-refractivity contribution < 1.29 is 4.74 Å². The molecule has 0 aliphatic carbocycles. The Hall–Kier alpha value is -2.73. The van der Waals surface area contributed by atoms with Gasteiger partial charge in [0, 0.05) is 40.8 Å². The van der Waals surface area contributed by atoms with Crippen LogP contribution in [0.3, 0.4) is 0 Å². The summed E-state index contributed by atoms with van der Waals surface area (Å²) < 4.78 is 5.26. The van der Waals surface area contributed by atoms with Crippen molar-refractivity contribution in [3.63, 3.8) is 0 Å². The molecule has 1 atom stereocenters. The zero-order valence-corrected chi connectivity index (χ0v) is 17.2. The van der Waals surface area contributed by atoms with Crippen molar-refractivity contribution in [3.8, 4) is 5.75 Å². The number of hydrogen-bond donors (Lipinski definition) is 1. The SMILES string of the molecule is COc1ccc(Sc2ccccc2NC2CCN(C)c3nc(C)ncc32)cc1. The van der Waals surface area contributed by atoms with Crippen molar-refractivity contribution in [2.45, 2.75) is 29.2 Å². The van der Waals surface area contributed by atoms with E-state index in [4.69, 9.17) is 4.74 Å². The quantitative estimate of drug-likeness (QED) is 0.664. The third-order valence-corrected chi connectivity index (χ3v) is 5.99. The van der Waals surface area contributed by atoms with Gasteiger partial charge in [-0.15, -0.1) is 0 Å². The Morgan fingerprint density at radius 3 is 2.71 bits per heavy atom. The van der Waals surface area contributed by atoms with Crippen LogP contribution in [0.4, 0.5) is 11.5 Å². The lowest BCUT2D eigenvalue weighted by molar-refractivity contribution is 0.414. The van der Waals surface area contributed by atoms with Gasteiger partial charge in [0.1, 0.15) is 17.4 Å². The lowest BCUT2D eigenvalue weighted by Gasteiger charge is -2.33. The average Bonchev–Trinajstić information content (AvgIpc) is 2.72. The molecule has 6 heteroatoms. The molecule has 5 nitrogen and oxygen atoms in total. The van der Waals surface area contributed by atoms with Crippen molar-refractivity contribution in [2.75, 3.05) is 30.9 Å². The Labute approximate surface area is 170 Å². The maximum atomic E-state index is 5.26. The molecule has 1 aromatic heterocycles. The number of anilines is 2. The first-order valence-electron chi connectivity index (χ1n) is 9.36. The Morgan fingerprint density at radius 2 is 1.93 bits per heavy atom. The molecule has 1 N–H and O–H groups in total. The summed E-state index contributed by atoms with van der Waals surface area (Å²) in [6.07, 6.45) is 2.97. The molecule has 1 aliphatic rings. The Balaban J connectivity index is 1.58. The molecule has 3 aromatic rings. The van der Waals surface area contributed by atoms with Crippen LogP contribution in [0.1, 0.15) is 23.9 Å². The molecular weight excluding hydrogens is 368 g/mol. The van der Waals surface area contributed by atoms with Gasteiger partial charge in [-0.25, -0.2) is 9.97 Å². The molecule has 28 heavy (non-hydrogen) atoms. The Morgan fingerprint density at radius 1 is 1.14 bits per heavy atom. The lowest BCUT2D eigenvalue weighted by atomic mass is 10.0. The first-order chi connectivity index (χ1) is 13.6. The molecule has 0 spiro atoms. The van der Waals surface area contributed by atoms with E-state index in [0.29, 0.717) is 0 Å². The Bertz CT molecular complexity index is 961. The molecule has 4 rings (SSSR count). The summed E-state index contributed by atoms with van der Waals surface area (Å²) in [5.74, 6) is 2.70. The maximum absolute atomic E-state index is 5.26. The molecule has 0 saturated carbocycles. The summed E-state index contributed by atoms with van der Waals surface area (Å²) in [6.45, 7) is 2.90. The molecule has 0 bridgehead atoms. The topological polar surface area (TPSA) is 50.3 Å². The first-order valence-corrected chi connectivity index (χ1v) is 10.2. The highest BCUT2D eigenvalue weighted by molar-refractivity contribution is 7.99. The summed E-state index contributed by atoms with van der Waals surface area (Å²) in [7, 11) is 3.78. The van der Waals surface area contributed by atoms with E-state index >= 15 is 0 Å². The molecule has 2 heterocycles. The van der Waals surface area contributed by atoms with E-state index in [1.165, 1.54) is 9.79 Å². The molecule has 0 saturated heterocycles. The van der Waals surface area contributed by atoms with Crippen LogP contribution in [0.15, 0.2) is 64.5 Å². The van der Waals surface area contributed by atoms with Crippen LogP contribution in [-0.2, 0) is 0 Å². The van der Waals surface area contributed by atoms with Crippen molar-refractivity contribution in [2.24, 2.45) is 0 Å². The third-order valence-electron chi connectivity index (χ3n) is 4.91. The molecule has 0 fully saturated rings. The number of rotatable bonds is 5. The fourth-order valence-corrected chi connectivity index (χ4v) is 4.30. The van der Waals surface area contributed by atoms with E-state index in [1.54, 1.807) is 18.9 Å². The van der Waals surface area contributed by atoms with Crippen molar-refractivity contribution in [1.29, 1.82) is 0 Å². The molecule has 144 valence electrons. The number of ether oxygens (including phenoxy) is 1. The van der Waals surface area contributed by atoms with Crippen molar-refractivity contribution in [1.82, 2.24) is 9.97 Å². The number of methoxy groups -OCH3 is 1. The van der Waals surface area contributed by atoms with Crippen molar-refractivity contribution >= 4 is 23.3 Å². The number of aryl methyl sites for hydroxylation is 1. The number of hydrogen-bond acceptors (Lipinski definition) is 6. The summed E-state index contributed by atoms with van der Waals surface area (Å²) in [4.78, 5) is 13.7. The smallest absolute Gasteiger partial charge is 0.137 e. The normalized spacial score (nSPS) is 15.8. The van der Waals surface area contributed by atoms with Gasteiger partial charge in [0.05, 0.1) is 13.2 Å². The first kappa shape index (κ1) is 18.6. The van der Waals surface area contributed by atoms with Gasteiger partial charge in [0.2, 0.25) is 0 Å². The van der Waals surface area contributed by atoms with Crippen LogP contribution in [0.5, 0.6) is 5.75 Å². The highest BCUT2D eigenvalue weighted by atomic mass is 32.2. The minimum Gasteiger partial charge on any atom is -0.497 e. The number of aromatic nitrogens is 2. The van der Waals surface area contributed by atoms with Crippen LogP contribution in [0.25, 0.3) is 0 Å². The summed E-state index contributed by atoms with van der Waals surface area (Å²) in [6, 6.07) is 16.8. The fourth-order valence-electron chi connectivity index (χ4n) is 3.39. The minimum atomic E-state index is 0.199. The molecule has 0 radical (unpaired) electrons. The van der Waals surface area contributed by atoms with Gasteiger partial charge in [0.15, 0.2) is 0 Å². The molecule has 0 amide bonds. The highest BCUT2D eigenvalue weighted by Gasteiger charge is 2.25. The summed E-state index contributed by atoms with van der Waals surface area (Å²) >= 11 is 1.75.